The second kappa shape index (κ2) is 8.41. The number of carbonyl (C=O) groups is 1. The highest BCUT2D eigenvalue weighted by Gasteiger charge is 2.49. The van der Waals surface area contributed by atoms with E-state index in [2.05, 4.69) is 19.8 Å². The molecule has 2 unspecified atom stereocenters. The predicted octanol–water partition coefficient (Wildman–Crippen LogP) is 3.67. The van der Waals surface area contributed by atoms with Crippen molar-refractivity contribution in [3.8, 4) is 5.88 Å². The predicted molar refractivity (Wildman–Crippen MR) is 123 cm³/mol. The van der Waals surface area contributed by atoms with Gasteiger partial charge in [0.1, 0.15) is 24.2 Å². The fourth-order valence-corrected chi connectivity index (χ4v) is 6.15. The topological polar surface area (TPSA) is 71.0 Å². The van der Waals surface area contributed by atoms with Crippen molar-refractivity contribution >= 4 is 23.5 Å². The Labute approximate surface area is 199 Å². The van der Waals surface area contributed by atoms with Crippen molar-refractivity contribution in [2.24, 2.45) is 0 Å². The highest BCUT2D eigenvalue weighted by molar-refractivity contribution is 6.28. The monoisotopic (exact) mass is 481 g/mol. The molecule has 0 N–H and O–H groups in total. The zero-order valence-electron chi connectivity index (χ0n) is 19.6. The lowest BCUT2D eigenvalue weighted by Gasteiger charge is -2.41. The third kappa shape index (κ3) is 4.58. The molecule has 10 heteroatoms. The summed E-state index contributed by atoms with van der Waals surface area (Å²) in [7, 11) is 0. The van der Waals surface area contributed by atoms with Gasteiger partial charge in [-0.1, -0.05) is 0 Å². The van der Waals surface area contributed by atoms with Crippen LogP contribution in [-0.2, 0) is 4.74 Å². The van der Waals surface area contributed by atoms with E-state index < -0.39 is 11.8 Å². The molecule has 0 spiro atoms. The number of hydrogen-bond acceptors (Lipinski definition) is 7. The van der Waals surface area contributed by atoms with Gasteiger partial charge in [-0.05, 0) is 64.6 Å². The second-order valence-corrected chi connectivity index (χ2v) is 11.2. The molecule has 2 bridgehead atoms. The van der Waals surface area contributed by atoms with Crippen LogP contribution in [-0.4, -0.2) is 88.0 Å². The molecule has 33 heavy (non-hydrogen) atoms. The van der Waals surface area contributed by atoms with Crippen molar-refractivity contribution in [3.05, 3.63) is 11.3 Å². The van der Waals surface area contributed by atoms with Gasteiger partial charge in [-0.2, -0.15) is 4.98 Å². The van der Waals surface area contributed by atoms with E-state index in [-0.39, 0.29) is 29.0 Å². The van der Waals surface area contributed by atoms with Crippen LogP contribution in [0.1, 0.15) is 52.9 Å². The maximum Gasteiger partial charge on any atom is 0.410 e. The Bertz CT molecular complexity index is 901. The van der Waals surface area contributed by atoms with Crippen LogP contribution in [0.5, 0.6) is 5.88 Å². The van der Waals surface area contributed by atoms with Crippen molar-refractivity contribution in [3.63, 3.8) is 0 Å². The zero-order chi connectivity index (χ0) is 23.4. The molecule has 5 rings (SSSR count). The summed E-state index contributed by atoms with van der Waals surface area (Å²) in [5.74, 6) is 1.11. The first kappa shape index (κ1) is 22.9. The molecule has 4 saturated heterocycles. The molecule has 1 aromatic rings. The van der Waals surface area contributed by atoms with Crippen LogP contribution in [0.15, 0.2) is 6.07 Å². The summed E-state index contributed by atoms with van der Waals surface area (Å²) < 4.78 is 25.8. The number of anilines is 1. The number of hydrogen-bond donors (Lipinski definition) is 0. The lowest BCUT2D eigenvalue weighted by Crippen LogP contribution is -2.57. The van der Waals surface area contributed by atoms with Crippen molar-refractivity contribution in [2.45, 2.75) is 82.3 Å². The van der Waals surface area contributed by atoms with Crippen LogP contribution in [0.2, 0.25) is 5.28 Å². The average molecular weight is 482 g/mol. The largest absolute Gasteiger partial charge is 0.476 e. The van der Waals surface area contributed by atoms with Gasteiger partial charge in [-0.15, -0.1) is 0 Å². The Balaban J connectivity index is 1.27. The number of ether oxygens (including phenoxy) is 2. The summed E-state index contributed by atoms with van der Waals surface area (Å²) in [6.07, 6.45) is 3.34. The Kier molecular flexibility index (Phi) is 5.84. The van der Waals surface area contributed by atoms with Crippen molar-refractivity contribution in [1.82, 2.24) is 19.8 Å². The van der Waals surface area contributed by atoms with Gasteiger partial charge in [0.25, 0.3) is 0 Å². The molecule has 4 aliphatic rings. The highest BCUT2D eigenvalue weighted by Crippen LogP contribution is 2.40. The van der Waals surface area contributed by atoms with Gasteiger partial charge in [0.15, 0.2) is 0 Å². The van der Waals surface area contributed by atoms with E-state index in [1.54, 1.807) is 0 Å². The molecular formula is C23H33ClFN5O3. The van der Waals surface area contributed by atoms with Gasteiger partial charge in [0.05, 0.1) is 17.6 Å². The standard InChI is InChI=1S/C23H33ClFN5O3/c1-22(2,3)33-21(31)30-16-5-6-17(30)13-28(12-16)18-9-19(27-20(24)26-18)32-14-23-7-4-8-29(23)11-15(25)10-23/h9,15-17H,4-8,10-14H2,1-3H3/t15-,16?,17?,23+/m1/s1. The van der Waals surface area contributed by atoms with Crippen LogP contribution >= 0.6 is 11.6 Å². The van der Waals surface area contributed by atoms with Gasteiger partial charge in [-0.25, -0.2) is 14.2 Å². The fraction of sp³-hybridized carbons (Fsp3) is 0.783. The summed E-state index contributed by atoms with van der Waals surface area (Å²) in [4.78, 5) is 27.7. The van der Waals surface area contributed by atoms with E-state index in [1.165, 1.54) is 0 Å². The molecule has 182 valence electrons. The highest BCUT2D eigenvalue weighted by atomic mass is 35.5. The van der Waals surface area contributed by atoms with Crippen LogP contribution in [0.25, 0.3) is 0 Å². The van der Waals surface area contributed by atoms with Crippen molar-refractivity contribution in [1.29, 1.82) is 0 Å². The molecular weight excluding hydrogens is 449 g/mol. The van der Waals surface area contributed by atoms with E-state index in [9.17, 15) is 9.18 Å². The van der Waals surface area contributed by atoms with Gasteiger partial charge in [-0.3, -0.25) is 9.80 Å². The van der Waals surface area contributed by atoms with Crippen LogP contribution in [0, 0.1) is 0 Å². The second-order valence-electron chi connectivity index (χ2n) is 10.9. The third-order valence-corrected chi connectivity index (χ3v) is 7.49. The van der Waals surface area contributed by atoms with Crippen LogP contribution < -0.4 is 9.64 Å². The van der Waals surface area contributed by atoms with Gasteiger partial charge in [0, 0.05) is 32.1 Å². The molecule has 0 aromatic carbocycles. The lowest BCUT2D eigenvalue weighted by atomic mass is 9.95. The number of fused-ring (bicyclic) bond motifs is 3. The first-order chi connectivity index (χ1) is 15.6. The van der Waals surface area contributed by atoms with Crippen LogP contribution in [0.4, 0.5) is 15.0 Å². The van der Waals surface area contributed by atoms with Gasteiger partial charge < -0.3 is 14.4 Å². The Hall–Kier alpha value is -1.87. The van der Waals surface area contributed by atoms with Crippen molar-refractivity contribution < 1.29 is 18.7 Å². The Morgan fingerprint density at radius 2 is 1.97 bits per heavy atom. The molecule has 0 radical (unpaired) electrons. The summed E-state index contributed by atoms with van der Waals surface area (Å²) >= 11 is 6.25. The fourth-order valence-electron chi connectivity index (χ4n) is 5.98. The number of alkyl halides is 1. The Morgan fingerprint density at radius 1 is 1.24 bits per heavy atom. The van der Waals surface area contributed by atoms with Gasteiger partial charge >= 0.3 is 6.09 Å². The minimum atomic E-state index is -0.796. The van der Waals surface area contributed by atoms with E-state index >= 15 is 0 Å². The molecule has 0 saturated carbocycles. The molecule has 4 aliphatic heterocycles. The normalized spacial score (nSPS) is 31.7. The minimum Gasteiger partial charge on any atom is -0.476 e. The minimum absolute atomic E-state index is 0.0719. The first-order valence-corrected chi connectivity index (χ1v) is 12.3. The first-order valence-electron chi connectivity index (χ1n) is 11.9. The smallest absolute Gasteiger partial charge is 0.410 e. The third-order valence-electron chi connectivity index (χ3n) is 7.32. The van der Waals surface area contributed by atoms with Gasteiger partial charge in [0.2, 0.25) is 11.2 Å². The number of halogens is 2. The summed E-state index contributed by atoms with van der Waals surface area (Å²) in [5, 5.41) is 0.125. The molecule has 4 atom stereocenters. The molecule has 4 fully saturated rings. The number of carbonyl (C=O) groups excluding carboxylic acids is 1. The number of nitrogens with zero attached hydrogens (tertiary/aromatic N) is 5. The van der Waals surface area contributed by atoms with E-state index in [0.717, 1.165) is 32.2 Å². The number of amides is 1. The SMILES string of the molecule is CC(C)(C)OC(=O)N1C2CCC1CN(c1cc(OC[C@@]34CCCN3C[C@H](F)C4)nc(Cl)n1)C2. The molecule has 0 aliphatic carbocycles. The summed E-state index contributed by atoms with van der Waals surface area (Å²) in [6.45, 7) is 8.78. The van der Waals surface area contributed by atoms with E-state index in [0.29, 0.717) is 44.4 Å². The molecule has 1 aromatic heterocycles. The van der Waals surface area contributed by atoms with E-state index in [1.807, 2.05) is 31.7 Å². The number of piperazine rings is 1. The number of aromatic nitrogens is 2. The molecule has 8 nitrogen and oxygen atoms in total. The van der Waals surface area contributed by atoms with Crippen molar-refractivity contribution in [2.75, 3.05) is 37.7 Å². The van der Waals surface area contributed by atoms with E-state index in [4.69, 9.17) is 21.1 Å². The molecule has 5 heterocycles. The Morgan fingerprint density at radius 3 is 2.67 bits per heavy atom. The summed E-state index contributed by atoms with van der Waals surface area (Å²) in [5.41, 5.74) is -0.759. The zero-order valence-corrected chi connectivity index (χ0v) is 20.4. The lowest BCUT2D eigenvalue weighted by molar-refractivity contribution is 0.0122. The maximum atomic E-state index is 14.1. The molecule has 1 amide bonds. The average Bonchev–Trinajstić information content (AvgIpc) is 3.32. The summed E-state index contributed by atoms with van der Waals surface area (Å²) in [6, 6.07) is 1.96. The van der Waals surface area contributed by atoms with Crippen LogP contribution in [0.3, 0.4) is 0 Å². The quantitative estimate of drug-likeness (QED) is 0.607. The maximum absolute atomic E-state index is 14.1. The number of rotatable bonds is 4.